The van der Waals surface area contributed by atoms with Gasteiger partial charge in [0.15, 0.2) is 0 Å². The molecule has 0 amide bonds. The van der Waals surface area contributed by atoms with Crippen molar-refractivity contribution in [2.45, 2.75) is 13.5 Å². The lowest BCUT2D eigenvalue weighted by molar-refractivity contribution is 0.415. The van der Waals surface area contributed by atoms with Crippen molar-refractivity contribution in [3.63, 3.8) is 0 Å². The summed E-state index contributed by atoms with van der Waals surface area (Å²) in [6.07, 6.45) is 0. The molecular weight excluding hydrogens is 431 g/mol. The molecule has 3 aromatic heterocycles. The van der Waals surface area contributed by atoms with Crippen LogP contribution in [0.5, 0.6) is 5.75 Å². The van der Waals surface area contributed by atoms with Gasteiger partial charge in [0.05, 0.1) is 12.6 Å². The fraction of sp³-hybridized carbons (Fsp3) is 0.136. The summed E-state index contributed by atoms with van der Waals surface area (Å²) in [5.74, 6) is 1.26. The van der Waals surface area contributed by atoms with E-state index in [9.17, 15) is 9.18 Å². The minimum atomic E-state index is -0.291. The van der Waals surface area contributed by atoms with Crippen LogP contribution >= 0.6 is 11.3 Å². The molecule has 0 saturated heterocycles. The highest BCUT2D eigenvalue weighted by molar-refractivity contribution is 7.22. The second kappa shape index (κ2) is 7.97. The Kier molecular flexibility index (Phi) is 4.98. The Labute approximate surface area is 185 Å². The van der Waals surface area contributed by atoms with Crippen LogP contribution in [-0.2, 0) is 6.54 Å². The zero-order valence-electron chi connectivity index (χ0n) is 17.2. The number of fused-ring (bicyclic) bond motifs is 1. The predicted octanol–water partition coefficient (Wildman–Crippen LogP) is 3.81. The third-order valence-electron chi connectivity index (χ3n) is 4.97. The van der Waals surface area contributed by atoms with Crippen molar-refractivity contribution in [1.82, 2.24) is 30.2 Å². The van der Waals surface area contributed by atoms with E-state index in [2.05, 4.69) is 25.4 Å². The number of thiophene rings is 1. The number of hydrogen-bond acceptors (Lipinski definition) is 7. The van der Waals surface area contributed by atoms with Crippen LogP contribution in [0.2, 0.25) is 0 Å². The lowest BCUT2D eigenvalue weighted by Gasteiger charge is -2.00. The van der Waals surface area contributed by atoms with Crippen LogP contribution in [0.15, 0.2) is 53.3 Å². The van der Waals surface area contributed by atoms with E-state index in [0.29, 0.717) is 33.0 Å². The Morgan fingerprint density at radius 3 is 2.66 bits per heavy atom. The fourth-order valence-corrected chi connectivity index (χ4v) is 4.30. The van der Waals surface area contributed by atoms with Gasteiger partial charge >= 0.3 is 0 Å². The molecule has 0 aliphatic carbocycles. The van der Waals surface area contributed by atoms with Crippen molar-refractivity contribution in [3.05, 3.63) is 76.1 Å². The summed E-state index contributed by atoms with van der Waals surface area (Å²) < 4.78 is 19.3. The van der Waals surface area contributed by atoms with E-state index in [1.165, 1.54) is 22.2 Å². The van der Waals surface area contributed by atoms with E-state index in [1.54, 1.807) is 26.2 Å². The van der Waals surface area contributed by atoms with Crippen molar-refractivity contribution in [2.24, 2.45) is 0 Å². The normalized spacial score (nSPS) is 11.2. The van der Waals surface area contributed by atoms with Crippen LogP contribution < -0.4 is 10.3 Å². The van der Waals surface area contributed by atoms with Gasteiger partial charge in [-0.2, -0.15) is 4.80 Å². The summed E-state index contributed by atoms with van der Waals surface area (Å²) in [5.41, 5.74) is 2.53. The third kappa shape index (κ3) is 3.76. The number of nitrogens with zero attached hydrogens (tertiary/aromatic N) is 5. The number of nitrogens with one attached hydrogen (secondary N) is 1. The van der Waals surface area contributed by atoms with Crippen LogP contribution in [0, 0.1) is 12.7 Å². The number of halogens is 1. The van der Waals surface area contributed by atoms with Gasteiger partial charge in [0.2, 0.25) is 5.82 Å². The molecule has 0 atom stereocenters. The van der Waals surface area contributed by atoms with E-state index in [-0.39, 0.29) is 17.9 Å². The van der Waals surface area contributed by atoms with E-state index >= 15 is 0 Å². The maximum Gasteiger partial charge on any atom is 0.268 e. The number of tetrazole rings is 1. The molecule has 0 radical (unpaired) electrons. The number of aryl methyl sites for hydroxylation is 1. The predicted molar refractivity (Wildman–Crippen MR) is 119 cm³/mol. The molecule has 0 bridgehead atoms. The number of aromatic amines is 1. The Balaban J connectivity index is 1.43. The van der Waals surface area contributed by atoms with Gasteiger partial charge in [-0.15, -0.1) is 21.5 Å². The van der Waals surface area contributed by atoms with E-state index < -0.39 is 0 Å². The molecule has 2 aromatic carbocycles. The Bertz CT molecular complexity index is 1490. The molecule has 0 unspecified atom stereocenters. The monoisotopic (exact) mass is 448 g/mol. The number of ether oxygens (including phenoxy) is 1. The van der Waals surface area contributed by atoms with Gasteiger partial charge < -0.3 is 9.72 Å². The Morgan fingerprint density at radius 2 is 1.91 bits per heavy atom. The largest absolute Gasteiger partial charge is 0.497 e. The van der Waals surface area contributed by atoms with Gasteiger partial charge in [0.25, 0.3) is 5.56 Å². The summed E-state index contributed by atoms with van der Waals surface area (Å²) >= 11 is 1.38. The Hall–Kier alpha value is -3.92. The number of rotatable bonds is 5. The van der Waals surface area contributed by atoms with Crippen LogP contribution in [0.1, 0.15) is 11.4 Å². The summed E-state index contributed by atoms with van der Waals surface area (Å²) in [7, 11) is 1.62. The smallest absolute Gasteiger partial charge is 0.268 e. The van der Waals surface area contributed by atoms with Crippen molar-refractivity contribution in [1.29, 1.82) is 0 Å². The lowest BCUT2D eigenvalue weighted by Crippen LogP contribution is -2.14. The number of aromatic nitrogens is 6. The van der Waals surface area contributed by atoms with Crippen LogP contribution in [0.25, 0.3) is 32.0 Å². The van der Waals surface area contributed by atoms with Gasteiger partial charge in [0, 0.05) is 10.4 Å². The third-order valence-corrected chi connectivity index (χ3v) is 6.14. The van der Waals surface area contributed by atoms with E-state index in [1.807, 2.05) is 30.3 Å². The van der Waals surface area contributed by atoms with Crippen molar-refractivity contribution in [2.75, 3.05) is 7.11 Å². The number of hydrogen-bond donors (Lipinski definition) is 1. The molecule has 10 heteroatoms. The standard InChI is InChI=1S/C22H17FN6O2S/c1-12-9-14(5-8-16(12)23)21-26-28-29(27-21)11-19-24-17-10-18(32-20(17)22(30)25-19)13-3-6-15(31-2)7-4-13/h3-10H,11H2,1-2H3,(H,24,25,30). The van der Waals surface area contributed by atoms with Crippen molar-refractivity contribution in [3.8, 4) is 27.6 Å². The molecule has 5 rings (SSSR count). The average molecular weight is 448 g/mol. The molecule has 8 nitrogen and oxygen atoms in total. The molecule has 5 aromatic rings. The molecule has 3 heterocycles. The zero-order chi connectivity index (χ0) is 22.2. The molecule has 160 valence electrons. The molecule has 0 spiro atoms. The van der Waals surface area contributed by atoms with Crippen molar-refractivity contribution >= 4 is 21.6 Å². The second-order valence-corrected chi connectivity index (χ2v) is 8.23. The maximum atomic E-state index is 13.5. The van der Waals surface area contributed by atoms with Crippen LogP contribution in [-0.4, -0.2) is 37.3 Å². The molecular formula is C22H17FN6O2S. The topological polar surface area (TPSA) is 98.6 Å². The van der Waals surface area contributed by atoms with E-state index in [0.717, 1.165) is 16.2 Å². The molecule has 0 fully saturated rings. The van der Waals surface area contributed by atoms with Gasteiger partial charge in [0.1, 0.15) is 28.6 Å². The molecule has 1 N–H and O–H groups in total. The lowest BCUT2D eigenvalue weighted by atomic mass is 10.1. The Morgan fingerprint density at radius 1 is 1.12 bits per heavy atom. The first-order chi connectivity index (χ1) is 15.5. The van der Waals surface area contributed by atoms with Gasteiger partial charge in [-0.3, -0.25) is 4.79 Å². The molecule has 0 aliphatic heterocycles. The quantitative estimate of drug-likeness (QED) is 0.439. The van der Waals surface area contributed by atoms with Gasteiger partial charge in [-0.1, -0.05) is 0 Å². The number of benzene rings is 2. The highest BCUT2D eigenvalue weighted by Crippen LogP contribution is 2.31. The first-order valence-corrected chi connectivity index (χ1v) is 10.5. The molecule has 0 saturated carbocycles. The maximum absolute atomic E-state index is 13.5. The SMILES string of the molecule is COc1ccc(-c2cc3nc(Cn4nnc(-c5ccc(F)c(C)c5)n4)[nH]c(=O)c3s2)cc1. The summed E-state index contributed by atoms with van der Waals surface area (Å²) in [6.45, 7) is 1.82. The number of methoxy groups -OCH3 is 1. The second-order valence-electron chi connectivity index (χ2n) is 7.17. The summed E-state index contributed by atoms with van der Waals surface area (Å²) in [6, 6.07) is 14.2. The van der Waals surface area contributed by atoms with Crippen LogP contribution in [0.3, 0.4) is 0 Å². The first kappa shape index (κ1) is 20.0. The van der Waals surface area contributed by atoms with Gasteiger partial charge in [-0.05, 0) is 71.8 Å². The minimum absolute atomic E-state index is 0.145. The molecule has 32 heavy (non-hydrogen) atoms. The average Bonchev–Trinajstić information content (AvgIpc) is 3.43. The van der Waals surface area contributed by atoms with Crippen LogP contribution in [0.4, 0.5) is 4.39 Å². The number of H-pyrrole nitrogens is 1. The molecule has 0 aliphatic rings. The first-order valence-electron chi connectivity index (χ1n) is 9.71. The fourth-order valence-electron chi connectivity index (χ4n) is 3.30. The van der Waals surface area contributed by atoms with Crippen molar-refractivity contribution < 1.29 is 9.13 Å². The van der Waals surface area contributed by atoms with Gasteiger partial charge in [-0.25, -0.2) is 9.37 Å². The van der Waals surface area contributed by atoms with E-state index in [4.69, 9.17) is 4.74 Å². The highest BCUT2D eigenvalue weighted by atomic mass is 32.1. The summed E-state index contributed by atoms with van der Waals surface area (Å²) in [4.78, 5) is 22.3. The highest BCUT2D eigenvalue weighted by Gasteiger charge is 2.13. The minimum Gasteiger partial charge on any atom is -0.497 e. The zero-order valence-corrected chi connectivity index (χ0v) is 18.0. The summed E-state index contributed by atoms with van der Waals surface area (Å²) in [5, 5.41) is 12.4.